The van der Waals surface area contributed by atoms with E-state index < -0.39 is 0 Å². The van der Waals surface area contributed by atoms with Gasteiger partial charge < -0.3 is 11.1 Å². The minimum absolute atomic E-state index is 0.0738. The zero-order chi connectivity index (χ0) is 15.5. The molecule has 0 bridgehead atoms. The number of hydrogen-bond acceptors (Lipinski definition) is 3. The molecule has 0 spiro atoms. The van der Waals surface area contributed by atoms with Crippen LogP contribution in [-0.4, -0.2) is 18.0 Å². The van der Waals surface area contributed by atoms with Gasteiger partial charge in [-0.05, 0) is 29.3 Å². The molecule has 2 aromatic carbocycles. The summed E-state index contributed by atoms with van der Waals surface area (Å²) < 4.78 is 0. The van der Waals surface area contributed by atoms with Gasteiger partial charge in [-0.3, -0.25) is 14.6 Å². The summed E-state index contributed by atoms with van der Waals surface area (Å²) in [5.74, 6) is -0.813. The summed E-state index contributed by atoms with van der Waals surface area (Å²) in [5, 5.41) is 2.83. The number of hydrogen-bond donors (Lipinski definition) is 2. The first-order valence-corrected chi connectivity index (χ1v) is 6.95. The van der Waals surface area contributed by atoms with Gasteiger partial charge in [0, 0.05) is 11.9 Å². The van der Waals surface area contributed by atoms with Crippen LogP contribution in [0.5, 0.6) is 0 Å². The van der Waals surface area contributed by atoms with Crippen molar-refractivity contribution in [1.29, 1.82) is 0 Å². The summed E-state index contributed by atoms with van der Waals surface area (Å²) in [6, 6.07) is 14.8. The molecule has 0 saturated heterocycles. The smallest absolute Gasteiger partial charge is 0.237 e. The van der Waals surface area contributed by atoms with Crippen molar-refractivity contribution in [2.24, 2.45) is 10.7 Å². The number of nitrogens with one attached hydrogen (secondary N) is 1. The van der Waals surface area contributed by atoms with Crippen molar-refractivity contribution < 1.29 is 9.59 Å². The molecule has 5 nitrogen and oxygen atoms in total. The van der Waals surface area contributed by atoms with Crippen LogP contribution in [0.3, 0.4) is 0 Å². The molecule has 1 aliphatic heterocycles. The number of nitrogens with zero attached hydrogens (tertiary/aromatic N) is 1. The van der Waals surface area contributed by atoms with Gasteiger partial charge in [-0.2, -0.15) is 0 Å². The van der Waals surface area contributed by atoms with E-state index in [9.17, 15) is 9.59 Å². The summed E-state index contributed by atoms with van der Waals surface area (Å²) in [6.07, 6.45) is 1.85. The van der Waals surface area contributed by atoms with Crippen LogP contribution in [0.4, 0.5) is 11.4 Å². The van der Waals surface area contributed by atoms with E-state index >= 15 is 0 Å². The Labute approximate surface area is 127 Å². The monoisotopic (exact) mass is 293 g/mol. The van der Waals surface area contributed by atoms with Crippen LogP contribution in [0.25, 0.3) is 0 Å². The Morgan fingerprint density at radius 1 is 1.18 bits per heavy atom. The van der Waals surface area contributed by atoms with E-state index in [1.807, 2.05) is 24.3 Å². The standard InChI is InChI=1S/C17H15N3O2/c18-16(21)9-11-5-7-12(8-6-11)19-10-14-13-3-1-2-4-15(13)20-17(14)22/h1-8,10,14H,9H2,(H2,18,21)(H,20,22). The Morgan fingerprint density at radius 3 is 2.64 bits per heavy atom. The Bertz CT molecular complexity index is 751. The van der Waals surface area contributed by atoms with Gasteiger partial charge in [0.05, 0.1) is 12.1 Å². The number of rotatable bonds is 4. The van der Waals surface area contributed by atoms with Gasteiger partial charge in [0.1, 0.15) is 5.92 Å². The molecule has 0 aromatic heterocycles. The first-order chi connectivity index (χ1) is 10.6. The lowest BCUT2D eigenvalue weighted by molar-refractivity contribution is -0.117. The molecule has 0 fully saturated rings. The predicted molar refractivity (Wildman–Crippen MR) is 85.3 cm³/mol. The highest BCUT2D eigenvalue weighted by atomic mass is 16.2. The van der Waals surface area contributed by atoms with Crippen molar-refractivity contribution in [2.45, 2.75) is 12.3 Å². The lowest BCUT2D eigenvalue weighted by atomic mass is 10.0. The van der Waals surface area contributed by atoms with E-state index in [1.165, 1.54) is 0 Å². The zero-order valence-electron chi connectivity index (χ0n) is 11.8. The average molecular weight is 293 g/mol. The van der Waals surface area contributed by atoms with Gasteiger partial charge in [0.25, 0.3) is 0 Å². The highest BCUT2D eigenvalue weighted by molar-refractivity contribution is 6.12. The summed E-state index contributed by atoms with van der Waals surface area (Å²) in [7, 11) is 0. The molecular formula is C17H15N3O2. The van der Waals surface area contributed by atoms with Gasteiger partial charge in [-0.1, -0.05) is 30.3 Å². The molecule has 0 radical (unpaired) electrons. The van der Waals surface area contributed by atoms with Gasteiger partial charge in [-0.25, -0.2) is 0 Å². The first kappa shape index (κ1) is 14.0. The van der Waals surface area contributed by atoms with E-state index in [2.05, 4.69) is 10.3 Å². The molecule has 1 atom stereocenters. The summed E-state index contributed by atoms with van der Waals surface area (Å²) in [5.41, 5.74) is 8.49. The van der Waals surface area contributed by atoms with Crippen molar-refractivity contribution >= 4 is 29.4 Å². The number of aliphatic imine (C=N–C) groups is 1. The largest absolute Gasteiger partial charge is 0.369 e. The average Bonchev–Trinajstić information content (AvgIpc) is 2.81. The van der Waals surface area contributed by atoms with E-state index in [0.29, 0.717) is 0 Å². The maximum Gasteiger partial charge on any atom is 0.237 e. The lowest BCUT2D eigenvalue weighted by Gasteiger charge is -2.02. The molecule has 5 heteroatoms. The van der Waals surface area contributed by atoms with Gasteiger partial charge in [0.15, 0.2) is 0 Å². The number of carbonyl (C=O) groups is 2. The van der Waals surface area contributed by atoms with Gasteiger partial charge in [0.2, 0.25) is 11.8 Å². The van der Waals surface area contributed by atoms with Crippen LogP contribution < -0.4 is 11.1 Å². The number of anilines is 1. The third-order valence-electron chi connectivity index (χ3n) is 3.52. The molecule has 0 saturated carbocycles. The lowest BCUT2D eigenvalue weighted by Crippen LogP contribution is -2.13. The third-order valence-corrected chi connectivity index (χ3v) is 3.52. The fourth-order valence-corrected chi connectivity index (χ4v) is 2.44. The van der Waals surface area contributed by atoms with Crippen LogP contribution in [0.2, 0.25) is 0 Å². The van der Waals surface area contributed by atoms with Crippen LogP contribution in [0.15, 0.2) is 53.5 Å². The molecule has 3 N–H and O–H groups in total. The van der Waals surface area contributed by atoms with E-state index in [4.69, 9.17) is 5.73 Å². The second-order valence-electron chi connectivity index (χ2n) is 5.14. The minimum Gasteiger partial charge on any atom is -0.369 e. The SMILES string of the molecule is NC(=O)Cc1ccc(N=CC2C(=O)Nc3ccccc32)cc1. The Morgan fingerprint density at radius 2 is 1.91 bits per heavy atom. The zero-order valence-corrected chi connectivity index (χ0v) is 11.8. The first-order valence-electron chi connectivity index (χ1n) is 6.95. The summed E-state index contributed by atoms with van der Waals surface area (Å²) in [4.78, 5) is 27.2. The van der Waals surface area contributed by atoms with Crippen LogP contribution in [0, 0.1) is 0 Å². The van der Waals surface area contributed by atoms with Crippen LogP contribution in [0.1, 0.15) is 17.0 Å². The summed E-state index contributed by atoms with van der Waals surface area (Å²) >= 11 is 0. The van der Waals surface area contributed by atoms with Crippen molar-refractivity contribution in [1.82, 2.24) is 0 Å². The summed E-state index contributed by atoms with van der Waals surface area (Å²) in [6.45, 7) is 0. The highest BCUT2D eigenvalue weighted by Gasteiger charge is 2.28. The fraction of sp³-hybridized carbons (Fsp3) is 0.118. The normalized spacial score (nSPS) is 16.5. The topological polar surface area (TPSA) is 84.6 Å². The Balaban J connectivity index is 1.77. The molecule has 1 heterocycles. The molecule has 1 aliphatic rings. The molecular weight excluding hydrogens is 278 g/mol. The van der Waals surface area contributed by atoms with Crippen molar-refractivity contribution in [3.8, 4) is 0 Å². The van der Waals surface area contributed by atoms with E-state index in [1.54, 1.807) is 30.5 Å². The highest BCUT2D eigenvalue weighted by Crippen LogP contribution is 2.31. The van der Waals surface area contributed by atoms with Crippen LogP contribution >= 0.6 is 0 Å². The number of carbonyl (C=O) groups excluding carboxylic acids is 2. The fourth-order valence-electron chi connectivity index (χ4n) is 2.44. The van der Waals surface area contributed by atoms with Gasteiger partial charge in [-0.15, -0.1) is 0 Å². The number of para-hydroxylation sites is 1. The van der Waals surface area contributed by atoms with Gasteiger partial charge >= 0.3 is 0 Å². The quantitative estimate of drug-likeness (QED) is 0.846. The number of benzene rings is 2. The van der Waals surface area contributed by atoms with E-state index in [0.717, 1.165) is 22.5 Å². The van der Waals surface area contributed by atoms with Crippen molar-refractivity contribution in [3.63, 3.8) is 0 Å². The van der Waals surface area contributed by atoms with E-state index in [-0.39, 0.29) is 24.2 Å². The number of nitrogens with two attached hydrogens (primary N) is 1. The number of amides is 2. The third kappa shape index (κ3) is 2.88. The molecule has 2 aromatic rings. The number of fused-ring (bicyclic) bond motifs is 1. The molecule has 0 aliphatic carbocycles. The predicted octanol–water partition coefficient (Wildman–Crippen LogP) is 2.15. The molecule has 22 heavy (non-hydrogen) atoms. The second kappa shape index (κ2) is 5.81. The maximum absolute atomic E-state index is 12.0. The molecule has 2 amide bonds. The molecule has 110 valence electrons. The van der Waals surface area contributed by atoms with Crippen LogP contribution in [-0.2, 0) is 16.0 Å². The minimum atomic E-state index is -0.374. The van der Waals surface area contributed by atoms with Crippen molar-refractivity contribution in [2.75, 3.05) is 5.32 Å². The van der Waals surface area contributed by atoms with Crippen molar-refractivity contribution in [3.05, 3.63) is 59.7 Å². The molecule has 1 unspecified atom stereocenters. The maximum atomic E-state index is 12.0. The second-order valence-corrected chi connectivity index (χ2v) is 5.14. The Hall–Kier alpha value is -2.95. The number of primary amides is 1. The molecule has 3 rings (SSSR count). The Kier molecular flexibility index (Phi) is 3.70.